The smallest absolute Gasteiger partial charge is 0.150 e. The summed E-state index contributed by atoms with van der Waals surface area (Å²) in [5.41, 5.74) is 5.47. The van der Waals surface area contributed by atoms with Crippen molar-refractivity contribution in [3.63, 3.8) is 0 Å². The Bertz CT molecular complexity index is 239. The van der Waals surface area contributed by atoms with Crippen molar-refractivity contribution >= 4 is 0 Å². The number of aromatic nitrogens is 1. The lowest BCUT2D eigenvalue weighted by atomic mass is 10.1. The predicted octanol–water partition coefficient (Wildman–Crippen LogP) is 0.518. The number of methoxy groups -OCH3 is 1. The lowest BCUT2D eigenvalue weighted by Crippen LogP contribution is -2.33. The van der Waals surface area contributed by atoms with Crippen LogP contribution in [0.15, 0.2) is 16.8 Å². The van der Waals surface area contributed by atoms with Crippen LogP contribution in [0.3, 0.4) is 0 Å². The normalized spacial score (nSPS) is 12.9. The largest absolute Gasteiger partial charge is 0.383 e. The van der Waals surface area contributed by atoms with Crippen LogP contribution in [0.5, 0.6) is 0 Å². The average molecular weight is 213 g/mol. The first-order valence-corrected chi connectivity index (χ1v) is 5.18. The number of nitrogens with one attached hydrogen (secondary N) is 1. The van der Waals surface area contributed by atoms with Gasteiger partial charge in [-0.15, -0.1) is 0 Å². The molecule has 0 fully saturated rings. The fourth-order valence-electron chi connectivity index (χ4n) is 1.39. The number of ether oxygens (including phenoxy) is 1. The van der Waals surface area contributed by atoms with Crippen LogP contribution < -0.4 is 11.1 Å². The van der Waals surface area contributed by atoms with E-state index < -0.39 is 0 Å². The highest BCUT2D eigenvalue weighted by molar-refractivity contribution is 4.92. The Morgan fingerprint density at radius 2 is 2.53 bits per heavy atom. The summed E-state index contributed by atoms with van der Waals surface area (Å²) >= 11 is 0. The van der Waals surface area contributed by atoms with Crippen molar-refractivity contribution in [2.24, 2.45) is 5.73 Å². The molecule has 5 nitrogen and oxygen atoms in total. The van der Waals surface area contributed by atoms with Gasteiger partial charge in [-0.3, -0.25) is 0 Å². The van der Waals surface area contributed by atoms with Crippen molar-refractivity contribution in [3.05, 3.63) is 18.0 Å². The molecular weight excluding hydrogens is 194 g/mol. The Morgan fingerprint density at radius 1 is 1.67 bits per heavy atom. The van der Waals surface area contributed by atoms with Gasteiger partial charge in [0.25, 0.3) is 0 Å². The Kier molecular flexibility index (Phi) is 5.99. The fraction of sp³-hybridized carbons (Fsp3) is 0.700. The molecule has 0 bridgehead atoms. The van der Waals surface area contributed by atoms with Crippen molar-refractivity contribution in [2.45, 2.75) is 25.4 Å². The summed E-state index contributed by atoms with van der Waals surface area (Å²) in [6.45, 7) is 2.08. The third kappa shape index (κ3) is 4.92. The van der Waals surface area contributed by atoms with Crippen molar-refractivity contribution < 1.29 is 9.26 Å². The van der Waals surface area contributed by atoms with Crippen molar-refractivity contribution in [1.82, 2.24) is 10.5 Å². The van der Waals surface area contributed by atoms with Crippen LogP contribution in [0.2, 0.25) is 0 Å². The summed E-state index contributed by atoms with van der Waals surface area (Å²) in [4.78, 5) is 0. The molecule has 1 heterocycles. The molecule has 0 aliphatic carbocycles. The van der Waals surface area contributed by atoms with Gasteiger partial charge >= 0.3 is 0 Å². The second kappa shape index (κ2) is 7.39. The number of hydrogen-bond acceptors (Lipinski definition) is 5. The van der Waals surface area contributed by atoms with E-state index in [1.54, 1.807) is 13.3 Å². The summed E-state index contributed by atoms with van der Waals surface area (Å²) in [7, 11) is 1.70. The van der Waals surface area contributed by atoms with Gasteiger partial charge in [0.05, 0.1) is 19.3 Å². The zero-order valence-electron chi connectivity index (χ0n) is 9.11. The van der Waals surface area contributed by atoms with Gasteiger partial charge in [0, 0.05) is 19.2 Å². The summed E-state index contributed by atoms with van der Waals surface area (Å²) in [5, 5.41) is 6.99. The van der Waals surface area contributed by atoms with Crippen LogP contribution in [-0.2, 0) is 11.3 Å². The van der Waals surface area contributed by atoms with E-state index in [0.717, 1.165) is 18.6 Å². The first-order chi connectivity index (χ1) is 7.36. The fourth-order valence-corrected chi connectivity index (χ4v) is 1.39. The summed E-state index contributed by atoms with van der Waals surface area (Å²) < 4.78 is 10.1. The standard InChI is InChI=1S/C10H19N3O2/c1-14-8-9(3-2-5-11)12-7-10-4-6-13-15-10/h4,6,9,12H,2-3,5,7-8,11H2,1H3. The second-order valence-electron chi connectivity index (χ2n) is 3.44. The SMILES string of the molecule is COCC(CCCN)NCc1ccno1. The molecule has 0 spiro atoms. The molecule has 0 aliphatic rings. The minimum Gasteiger partial charge on any atom is -0.383 e. The lowest BCUT2D eigenvalue weighted by Gasteiger charge is -2.16. The number of rotatable bonds is 8. The van der Waals surface area contributed by atoms with Crippen LogP contribution in [0.1, 0.15) is 18.6 Å². The molecule has 0 radical (unpaired) electrons. The van der Waals surface area contributed by atoms with Crippen LogP contribution in [0.4, 0.5) is 0 Å². The molecule has 1 unspecified atom stereocenters. The van der Waals surface area contributed by atoms with Crippen molar-refractivity contribution in [2.75, 3.05) is 20.3 Å². The van der Waals surface area contributed by atoms with Crippen LogP contribution in [-0.4, -0.2) is 31.5 Å². The predicted molar refractivity (Wildman–Crippen MR) is 57.3 cm³/mol. The molecule has 0 aliphatic heterocycles. The van der Waals surface area contributed by atoms with Crippen LogP contribution >= 0.6 is 0 Å². The molecular formula is C10H19N3O2. The van der Waals surface area contributed by atoms with Gasteiger partial charge < -0.3 is 20.3 Å². The van der Waals surface area contributed by atoms with Gasteiger partial charge in [-0.2, -0.15) is 0 Å². The Labute approximate surface area is 90.0 Å². The van der Waals surface area contributed by atoms with E-state index in [9.17, 15) is 0 Å². The monoisotopic (exact) mass is 213 g/mol. The molecule has 1 aromatic heterocycles. The Balaban J connectivity index is 2.24. The summed E-state index contributed by atoms with van der Waals surface area (Å²) in [6, 6.07) is 2.17. The van der Waals surface area contributed by atoms with Gasteiger partial charge in [0.1, 0.15) is 5.76 Å². The van der Waals surface area contributed by atoms with E-state index in [4.69, 9.17) is 15.0 Å². The Morgan fingerprint density at radius 3 is 3.13 bits per heavy atom. The maximum Gasteiger partial charge on any atom is 0.150 e. The van der Waals surface area contributed by atoms with E-state index in [1.807, 2.05) is 6.07 Å². The molecule has 0 saturated carbocycles. The molecule has 5 heteroatoms. The molecule has 3 N–H and O–H groups in total. The van der Waals surface area contributed by atoms with Gasteiger partial charge in [-0.05, 0) is 19.4 Å². The number of nitrogens with two attached hydrogens (primary N) is 1. The van der Waals surface area contributed by atoms with Gasteiger partial charge in [-0.25, -0.2) is 0 Å². The molecule has 1 rings (SSSR count). The molecule has 1 aromatic rings. The second-order valence-corrected chi connectivity index (χ2v) is 3.44. The minimum absolute atomic E-state index is 0.323. The van der Waals surface area contributed by atoms with Crippen LogP contribution in [0, 0.1) is 0 Å². The number of nitrogens with zero attached hydrogens (tertiary/aromatic N) is 1. The maximum absolute atomic E-state index is 5.47. The molecule has 15 heavy (non-hydrogen) atoms. The molecule has 1 atom stereocenters. The quantitative estimate of drug-likeness (QED) is 0.658. The van der Waals surface area contributed by atoms with Gasteiger partial charge in [0.15, 0.2) is 0 Å². The van der Waals surface area contributed by atoms with Crippen LogP contribution in [0.25, 0.3) is 0 Å². The molecule has 0 saturated heterocycles. The topological polar surface area (TPSA) is 73.3 Å². The summed E-state index contributed by atoms with van der Waals surface area (Å²) in [6.07, 6.45) is 3.65. The summed E-state index contributed by atoms with van der Waals surface area (Å²) in [5.74, 6) is 0.837. The zero-order chi connectivity index (χ0) is 10.9. The van der Waals surface area contributed by atoms with E-state index in [1.165, 1.54) is 0 Å². The molecule has 0 amide bonds. The molecule has 0 aromatic carbocycles. The molecule has 86 valence electrons. The Hall–Kier alpha value is -0.910. The lowest BCUT2D eigenvalue weighted by molar-refractivity contribution is 0.159. The van der Waals surface area contributed by atoms with Gasteiger partial charge in [-0.1, -0.05) is 5.16 Å². The van der Waals surface area contributed by atoms with Crippen molar-refractivity contribution in [3.8, 4) is 0 Å². The van der Waals surface area contributed by atoms with E-state index in [0.29, 0.717) is 25.7 Å². The highest BCUT2D eigenvalue weighted by Gasteiger charge is 2.08. The maximum atomic E-state index is 5.47. The average Bonchev–Trinajstić information content (AvgIpc) is 2.75. The highest BCUT2D eigenvalue weighted by Crippen LogP contribution is 2.01. The number of hydrogen-bond donors (Lipinski definition) is 2. The highest BCUT2D eigenvalue weighted by atomic mass is 16.5. The first kappa shape index (κ1) is 12.2. The van der Waals surface area contributed by atoms with Gasteiger partial charge in [0.2, 0.25) is 0 Å². The van der Waals surface area contributed by atoms with Crippen molar-refractivity contribution in [1.29, 1.82) is 0 Å². The van der Waals surface area contributed by atoms with E-state index in [-0.39, 0.29) is 0 Å². The van der Waals surface area contributed by atoms with E-state index in [2.05, 4.69) is 10.5 Å². The third-order valence-electron chi connectivity index (χ3n) is 2.18. The third-order valence-corrected chi connectivity index (χ3v) is 2.18. The first-order valence-electron chi connectivity index (χ1n) is 5.18. The minimum atomic E-state index is 0.323. The van der Waals surface area contributed by atoms with E-state index >= 15 is 0 Å². The zero-order valence-corrected chi connectivity index (χ0v) is 9.11.